The number of rotatable bonds is 4. The van der Waals surface area contributed by atoms with E-state index in [4.69, 9.17) is 9.47 Å². The van der Waals surface area contributed by atoms with Crippen LogP contribution in [-0.2, 0) is 16.1 Å². The number of nitrogens with one attached hydrogen (secondary N) is 2. The Bertz CT molecular complexity index is 777. The fraction of sp³-hybridized carbons (Fsp3) is 0.125. The zero-order chi connectivity index (χ0) is 16.8. The minimum atomic E-state index is -0.858. The molecular formula is C16H14N4O4. The first kappa shape index (κ1) is 15.5. The first-order valence-corrected chi connectivity index (χ1v) is 7.13. The Labute approximate surface area is 137 Å². The highest BCUT2D eigenvalue weighted by molar-refractivity contribution is 6.35. The molecule has 0 spiro atoms. The molecule has 0 aliphatic carbocycles. The molecule has 0 saturated carbocycles. The highest BCUT2D eigenvalue weighted by Gasteiger charge is 2.13. The molecule has 0 bridgehead atoms. The van der Waals surface area contributed by atoms with Crippen LogP contribution < -0.4 is 20.2 Å². The van der Waals surface area contributed by atoms with Crippen LogP contribution in [0.25, 0.3) is 0 Å². The third-order valence-electron chi connectivity index (χ3n) is 3.14. The molecule has 0 unspecified atom stereocenters. The summed E-state index contributed by atoms with van der Waals surface area (Å²) < 4.78 is 10.4. The molecule has 122 valence electrons. The molecule has 0 atom stereocenters. The lowest BCUT2D eigenvalue weighted by atomic mass is 10.2. The van der Waals surface area contributed by atoms with Crippen molar-refractivity contribution in [2.75, 3.05) is 6.79 Å². The van der Waals surface area contributed by atoms with Crippen LogP contribution in [0.5, 0.6) is 11.5 Å². The van der Waals surface area contributed by atoms with E-state index in [1.807, 2.05) is 0 Å². The maximum atomic E-state index is 11.7. The van der Waals surface area contributed by atoms with Crippen LogP contribution in [0, 0.1) is 0 Å². The van der Waals surface area contributed by atoms with E-state index in [-0.39, 0.29) is 13.3 Å². The van der Waals surface area contributed by atoms with Gasteiger partial charge in [-0.2, -0.15) is 5.10 Å². The van der Waals surface area contributed by atoms with Crippen molar-refractivity contribution in [1.82, 2.24) is 15.7 Å². The van der Waals surface area contributed by atoms with Gasteiger partial charge in [0.15, 0.2) is 11.5 Å². The molecule has 2 aromatic rings. The number of fused-ring (bicyclic) bond motifs is 1. The summed E-state index contributed by atoms with van der Waals surface area (Å²) in [5.41, 5.74) is 3.52. The quantitative estimate of drug-likeness (QED) is 0.486. The molecular weight excluding hydrogens is 312 g/mol. The number of hydrogen-bond donors (Lipinski definition) is 2. The fourth-order valence-electron chi connectivity index (χ4n) is 1.96. The molecule has 8 heteroatoms. The van der Waals surface area contributed by atoms with Crippen LogP contribution >= 0.6 is 0 Å². The second-order valence-electron chi connectivity index (χ2n) is 4.82. The van der Waals surface area contributed by atoms with Crippen molar-refractivity contribution in [2.45, 2.75) is 6.54 Å². The van der Waals surface area contributed by atoms with Crippen LogP contribution in [0.2, 0.25) is 0 Å². The standard InChI is InChI=1S/C16H14N4O4/c21-15(18-9-12-3-1-2-6-17-12)16(22)20-19-8-11-4-5-13-14(7-11)24-10-23-13/h1-8H,9-10H2,(H,18,21)(H,20,22)/b19-8+. The second kappa shape index (κ2) is 7.23. The average Bonchev–Trinajstić information content (AvgIpc) is 3.08. The predicted octanol–water partition coefficient (Wildman–Crippen LogP) is 0.577. The molecule has 0 saturated heterocycles. The first-order valence-electron chi connectivity index (χ1n) is 7.13. The summed E-state index contributed by atoms with van der Waals surface area (Å²) in [6.07, 6.45) is 3.02. The molecule has 1 aromatic heterocycles. The lowest BCUT2D eigenvalue weighted by molar-refractivity contribution is -0.139. The summed E-state index contributed by atoms with van der Waals surface area (Å²) in [5, 5.41) is 6.20. The summed E-state index contributed by atoms with van der Waals surface area (Å²) in [7, 11) is 0. The van der Waals surface area contributed by atoms with Gasteiger partial charge in [0.1, 0.15) is 0 Å². The molecule has 2 amide bonds. The molecule has 3 rings (SSSR count). The number of hydrogen-bond acceptors (Lipinski definition) is 6. The number of carbonyl (C=O) groups excluding carboxylic acids is 2. The Kier molecular flexibility index (Phi) is 4.66. The third kappa shape index (κ3) is 3.86. The summed E-state index contributed by atoms with van der Waals surface area (Å²) in [4.78, 5) is 27.3. The maximum Gasteiger partial charge on any atom is 0.329 e. The van der Waals surface area contributed by atoms with Gasteiger partial charge in [-0.3, -0.25) is 14.6 Å². The largest absolute Gasteiger partial charge is 0.454 e. The number of benzene rings is 1. The van der Waals surface area contributed by atoms with E-state index in [2.05, 4.69) is 20.8 Å². The lowest BCUT2D eigenvalue weighted by Crippen LogP contribution is -2.37. The molecule has 0 fully saturated rings. The van der Waals surface area contributed by atoms with E-state index in [0.717, 1.165) is 0 Å². The molecule has 1 aromatic carbocycles. The zero-order valence-corrected chi connectivity index (χ0v) is 12.6. The van der Waals surface area contributed by atoms with E-state index in [1.165, 1.54) is 6.21 Å². The Morgan fingerprint density at radius 1 is 1.17 bits per heavy atom. The van der Waals surface area contributed by atoms with Crippen LogP contribution in [0.3, 0.4) is 0 Å². The summed E-state index contributed by atoms with van der Waals surface area (Å²) >= 11 is 0. The van der Waals surface area contributed by atoms with Gasteiger partial charge in [0.2, 0.25) is 6.79 Å². The molecule has 2 N–H and O–H groups in total. The minimum Gasteiger partial charge on any atom is -0.454 e. The second-order valence-corrected chi connectivity index (χ2v) is 4.82. The number of aromatic nitrogens is 1. The smallest absolute Gasteiger partial charge is 0.329 e. The number of pyridine rings is 1. The monoisotopic (exact) mass is 326 g/mol. The summed E-state index contributed by atoms with van der Waals surface area (Å²) in [5.74, 6) is -0.380. The number of hydrazone groups is 1. The van der Waals surface area contributed by atoms with Crippen LogP contribution in [0.15, 0.2) is 47.7 Å². The SMILES string of the molecule is O=C(NCc1ccccn1)C(=O)N/N=C/c1ccc2c(c1)OCO2. The molecule has 0 radical (unpaired) electrons. The summed E-state index contributed by atoms with van der Waals surface area (Å²) in [6.45, 7) is 0.349. The molecule has 8 nitrogen and oxygen atoms in total. The van der Waals surface area contributed by atoms with Crippen molar-refractivity contribution >= 4 is 18.0 Å². The van der Waals surface area contributed by atoms with Crippen LogP contribution in [0.4, 0.5) is 0 Å². The van der Waals surface area contributed by atoms with Gasteiger partial charge in [-0.1, -0.05) is 6.07 Å². The highest BCUT2D eigenvalue weighted by atomic mass is 16.7. The van der Waals surface area contributed by atoms with Gasteiger partial charge in [0.05, 0.1) is 18.5 Å². The van der Waals surface area contributed by atoms with Gasteiger partial charge in [-0.15, -0.1) is 0 Å². The number of amides is 2. The van der Waals surface area contributed by atoms with E-state index in [0.29, 0.717) is 22.8 Å². The molecule has 1 aliphatic rings. The average molecular weight is 326 g/mol. The van der Waals surface area contributed by atoms with Crippen molar-refractivity contribution < 1.29 is 19.1 Å². The Hall–Kier alpha value is -3.42. The van der Waals surface area contributed by atoms with Crippen molar-refractivity contribution in [2.24, 2.45) is 5.10 Å². The Morgan fingerprint density at radius 2 is 2.04 bits per heavy atom. The fourth-order valence-corrected chi connectivity index (χ4v) is 1.96. The predicted molar refractivity (Wildman–Crippen MR) is 84.4 cm³/mol. The number of carbonyl (C=O) groups is 2. The Balaban J connectivity index is 1.48. The minimum absolute atomic E-state index is 0.166. The molecule has 1 aliphatic heterocycles. The topological polar surface area (TPSA) is 102 Å². The van der Waals surface area contributed by atoms with Gasteiger partial charge in [0, 0.05) is 6.20 Å². The highest BCUT2D eigenvalue weighted by Crippen LogP contribution is 2.31. The van der Waals surface area contributed by atoms with E-state index >= 15 is 0 Å². The van der Waals surface area contributed by atoms with Gasteiger partial charge < -0.3 is 14.8 Å². The number of ether oxygens (including phenoxy) is 2. The molecule has 2 heterocycles. The van der Waals surface area contributed by atoms with Crippen LogP contribution in [-0.4, -0.2) is 29.8 Å². The van der Waals surface area contributed by atoms with Crippen molar-refractivity contribution in [3.8, 4) is 11.5 Å². The van der Waals surface area contributed by atoms with Crippen molar-refractivity contribution in [1.29, 1.82) is 0 Å². The third-order valence-corrected chi connectivity index (χ3v) is 3.14. The van der Waals surface area contributed by atoms with Crippen molar-refractivity contribution in [3.05, 3.63) is 53.9 Å². The first-order chi connectivity index (χ1) is 11.7. The van der Waals surface area contributed by atoms with E-state index < -0.39 is 11.8 Å². The lowest BCUT2D eigenvalue weighted by Gasteiger charge is -2.03. The van der Waals surface area contributed by atoms with Crippen molar-refractivity contribution in [3.63, 3.8) is 0 Å². The molecule has 24 heavy (non-hydrogen) atoms. The van der Waals surface area contributed by atoms with Crippen LogP contribution in [0.1, 0.15) is 11.3 Å². The Morgan fingerprint density at radius 3 is 2.88 bits per heavy atom. The normalized spacial score (nSPS) is 12.2. The zero-order valence-electron chi connectivity index (χ0n) is 12.6. The van der Waals surface area contributed by atoms with Gasteiger partial charge in [-0.05, 0) is 35.9 Å². The maximum absolute atomic E-state index is 11.7. The summed E-state index contributed by atoms with van der Waals surface area (Å²) in [6, 6.07) is 10.5. The van der Waals surface area contributed by atoms with E-state index in [9.17, 15) is 9.59 Å². The van der Waals surface area contributed by atoms with E-state index in [1.54, 1.807) is 42.6 Å². The van der Waals surface area contributed by atoms with Gasteiger partial charge in [-0.25, -0.2) is 5.43 Å². The van der Waals surface area contributed by atoms with Gasteiger partial charge >= 0.3 is 11.8 Å². The van der Waals surface area contributed by atoms with Gasteiger partial charge in [0.25, 0.3) is 0 Å². The number of nitrogens with zero attached hydrogens (tertiary/aromatic N) is 2.